The molecule has 0 spiro atoms. The fourth-order valence-corrected chi connectivity index (χ4v) is 4.97. The number of hydrogen-bond donors (Lipinski definition) is 0. The van der Waals surface area contributed by atoms with Crippen LogP contribution < -0.4 is 9.47 Å². The lowest BCUT2D eigenvalue weighted by Gasteiger charge is -2.18. The number of fused-ring (bicyclic) bond motifs is 1. The minimum atomic E-state index is -0.595. The van der Waals surface area contributed by atoms with E-state index < -0.39 is 5.82 Å². The maximum atomic E-state index is 14.5. The third-order valence-corrected chi connectivity index (χ3v) is 6.82. The molecule has 4 aromatic rings. The lowest BCUT2D eigenvalue weighted by molar-refractivity contribution is 0.355. The average molecular weight is 527 g/mol. The van der Waals surface area contributed by atoms with Gasteiger partial charge in [0.25, 0.3) is 0 Å². The minimum absolute atomic E-state index is 0.0665. The quantitative estimate of drug-likeness (QED) is 0.267. The summed E-state index contributed by atoms with van der Waals surface area (Å²) >= 11 is 13.8. The van der Waals surface area contributed by atoms with Crippen LogP contribution in [0, 0.1) is 5.82 Å². The molecule has 0 bridgehead atoms. The third kappa shape index (κ3) is 4.52. The van der Waals surface area contributed by atoms with Gasteiger partial charge in [-0.05, 0) is 47.7 Å². The molecular formula is C25H17Cl2FN4O2S. The zero-order chi connectivity index (χ0) is 24.5. The monoisotopic (exact) mass is 526 g/mol. The van der Waals surface area contributed by atoms with E-state index in [1.807, 2.05) is 48.5 Å². The number of hydrogen-bond acceptors (Lipinski definition) is 6. The molecule has 0 N–H and O–H groups in total. The summed E-state index contributed by atoms with van der Waals surface area (Å²) in [5.74, 6) is 1.14. The molecule has 0 unspecified atom stereocenters. The smallest absolute Gasteiger partial charge is 0.217 e. The van der Waals surface area contributed by atoms with E-state index in [0.717, 1.165) is 11.1 Å². The molecule has 176 valence electrons. The van der Waals surface area contributed by atoms with Crippen molar-refractivity contribution in [3.05, 3.63) is 92.6 Å². The van der Waals surface area contributed by atoms with Crippen molar-refractivity contribution in [2.45, 2.75) is 5.16 Å². The Labute approximate surface area is 215 Å². The number of allylic oxidation sites excluding steroid dienone is 1. The van der Waals surface area contributed by atoms with Crippen LogP contribution in [0.4, 0.5) is 4.39 Å². The fourth-order valence-electron chi connectivity index (χ4n) is 3.56. The van der Waals surface area contributed by atoms with Crippen molar-refractivity contribution in [2.75, 3.05) is 14.2 Å². The highest BCUT2D eigenvalue weighted by atomic mass is 35.5. The molecule has 0 radical (unpaired) electrons. The molecule has 6 nitrogen and oxygen atoms in total. The van der Waals surface area contributed by atoms with Gasteiger partial charge < -0.3 is 9.47 Å². The van der Waals surface area contributed by atoms with E-state index in [2.05, 4.69) is 10.2 Å². The number of ether oxygens (including phenoxy) is 2. The van der Waals surface area contributed by atoms with Gasteiger partial charge in [-0.15, -0.1) is 10.2 Å². The van der Waals surface area contributed by atoms with Gasteiger partial charge in [0.05, 0.1) is 24.3 Å². The minimum Gasteiger partial charge on any atom is -0.493 e. The van der Waals surface area contributed by atoms with E-state index in [0.29, 0.717) is 38.7 Å². The molecular weight excluding hydrogens is 510 g/mol. The number of benzene rings is 3. The maximum Gasteiger partial charge on any atom is 0.217 e. The summed E-state index contributed by atoms with van der Waals surface area (Å²) in [6.45, 7) is 0. The predicted octanol–water partition coefficient (Wildman–Crippen LogP) is 6.81. The molecule has 1 aliphatic heterocycles. The first kappa shape index (κ1) is 23.4. The summed E-state index contributed by atoms with van der Waals surface area (Å²) in [5, 5.41) is 14.2. The summed E-state index contributed by atoms with van der Waals surface area (Å²) in [7, 11) is 3.15. The van der Waals surface area contributed by atoms with Crippen molar-refractivity contribution in [3.8, 4) is 22.9 Å². The van der Waals surface area contributed by atoms with Crippen LogP contribution in [0.1, 0.15) is 11.1 Å². The highest BCUT2D eigenvalue weighted by Crippen LogP contribution is 2.39. The summed E-state index contributed by atoms with van der Waals surface area (Å²) < 4.78 is 26.9. The van der Waals surface area contributed by atoms with E-state index in [1.54, 1.807) is 25.0 Å². The Morgan fingerprint density at radius 1 is 0.914 bits per heavy atom. The molecule has 1 aliphatic rings. The second kappa shape index (κ2) is 9.73. The molecule has 0 saturated carbocycles. The summed E-state index contributed by atoms with van der Waals surface area (Å²) in [5.41, 5.74) is 2.51. The molecule has 2 heterocycles. The molecule has 0 atom stereocenters. The van der Waals surface area contributed by atoms with Gasteiger partial charge in [0.1, 0.15) is 11.5 Å². The Bertz CT molecular complexity index is 1490. The second-order valence-corrected chi connectivity index (χ2v) is 9.23. The Balaban J connectivity index is 1.69. The number of halogens is 3. The molecule has 0 aliphatic carbocycles. The Kier molecular flexibility index (Phi) is 6.51. The van der Waals surface area contributed by atoms with Crippen LogP contribution in [-0.2, 0) is 0 Å². The van der Waals surface area contributed by atoms with Gasteiger partial charge in [-0.3, -0.25) is 0 Å². The zero-order valence-electron chi connectivity index (χ0n) is 18.5. The lowest BCUT2D eigenvalue weighted by atomic mass is 10.1. The van der Waals surface area contributed by atoms with Crippen LogP contribution in [0.15, 0.2) is 75.8 Å². The topological polar surface area (TPSA) is 61.5 Å². The highest BCUT2D eigenvalue weighted by Gasteiger charge is 2.27. The first-order valence-electron chi connectivity index (χ1n) is 10.3. The number of methoxy groups -OCH3 is 2. The van der Waals surface area contributed by atoms with Crippen LogP contribution >= 0.6 is 35.0 Å². The van der Waals surface area contributed by atoms with Crippen molar-refractivity contribution in [1.29, 1.82) is 0 Å². The van der Waals surface area contributed by atoms with Gasteiger partial charge in [0.15, 0.2) is 17.3 Å². The summed E-state index contributed by atoms with van der Waals surface area (Å²) in [4.78, 5) is 0.695. The third-order valence-electron chi connectivity index (χ3n) is 5.25. The fraction of sp³-hybridized carbons (Fsp3) is 0.0800. The van der Waals surface area contributed by atoms with Crippen LogP contribution in [0.25, 0.3) is 17.5 Å². The molecule has 1 aromatic heterocycles. The first-order chi connectivity index (χ1) is 17.0. The van der Waals surface area contributed by atoms with Gasteiger partial charge in [0, 0.05) is 16.0 Å². The standard InChI is InChI=1S/C25H17Cl2FN4O2S/c1-33-20-9-8-14(10-21(20)34-2)11-22-23(16-12-19(28)18(27)13-17(16)26)31-32-24(29-30-25(32)35-22)15-6-4-3-5-7-15/h3-13H,1-2H3/b22-11-. The van der Waals surface area contributed by atoms with Crippen LogP contribution in [-0.4, -0.2) is 34.8 Å². The molecule has 0 fully saturated rings. The predicted molar refractivity (Wildman–Crippen MR) is 137 cm³/mol. The van der Waals surface area contributed by atoms with Gasteiger partial charge in [-0.1, -0.05) is 59.6 Å². The number of thioether (sulfide) groups is 1. The largest absolute Gasteiger partial charge is 0.493 e. The van der Waals surface area contributed by atoms with Gasteiger partial charge in [-0.2, -0.15) is 9.78 Å². The first-order valence-corrected chi connectivity index (χ1v) is 11.9. The highest BCUT2D eigenvalue weighted by molar-refractivity contribution is 8.04. The molecule has 10 heteroatoms. The Hall–Kier alpha value is -3.33. The molecule has 35 heavy (non-hydrogen) atoms. The Morgan fingerprint density at radius 3 is 2.43 bits per heavy atom. The number of nitrogens with zero attached hydrogens (tertiary/aromatic N) is 4. The van der Waals surface area contributed by atoms with Crippen LogP contribution in [0.3, 0.4) is 0 Å². The average Bonchev–Trinajstić information content (AvgIpc) is 3.29. The van der Waals surface area contributed by atoms with Crippen molar-refractivity contribution in [2.24, 2.45) is 5.10 Å². The van der Waals surface area contributed by atoms with Crippen molar-refractivity contribution in [3.63, 3.8) is 0 Å². The van der Waals surface area contributed by atoms with Crippen LogP contribution in [0.2, 0.25) is 10.0 Å². The second-order valence-electron chi connectivity index (χ2n) is 7.40. The van der Waals surface area contributed by atoms with E-state index in [4.69, 9.17) is 37.8 Å². The Morgan fingerprint density at radius 2 is 1.69 bits per heavy atom. The van der Waals surface area contributed by atoms with Gasteiger partial charge in [0.2, 0.25) is 5.16 Å². The number of aromatic nitrogens is 3. The van der Waals surface area contributed by atoms with E-state index in [-0.39, 0.29) is 10.0 Å². The van der Waals surface area contributed by atoms with E-state index in [9.17, 15) is 4.39 Å². The van der Waals surface area contributed by atoms with Crippen LogP contribution in [0.5, 0.6) is 11.5 Å². The molecule has 0 saturated heterocycles. The van der Waals surface area contributed by atoms with Crippen molar-refractivity contribution >= 4 is 46.8 Å². The van der Waals surface area contributed by atoms with E-state index in [1.165, 1.54) is 23.9 Å². The normalized spacial score (nSPS) is 14.0. The summed E-state index contributed by atoms with van der Waals surface area (Å²) in [6, 6.07) is 17.7. The van der Waals surface area contributed by atoms with Crippen molar-refractivity contribution < 1.29 is 13.9 Å². The zero-order valence-corrected chi connectivity index (χ0v) is 20.8. The van der Waals surface area contributed by atoms with Gasteiger partial charge >= 0.3 is 0 Å². The molecule has 3 aromatic carbocycles. The molecule has 5 rings (SSSR count). The lowest BCUT2D eigenvalue weighted by Crippen LogP contribution is -2.13. The van der Waals surface area contributed by atoms with E-state index >= 15 is 0 Å². The maximum absolute atomic E-state index is 14.5. The van der Waals surface area contributed by atoms with Gasteiger partial charge in [-0.25, -0.2) is 4.39 Å². The summed E-state index contributed by atoms with van der Waals surface area (Å²) in [6.07, 6.45) is 1.90. The molecule has 0 amide bonds. The SMILES string of the molecule is COc1ccc(/C=C2\Sc3nnc(-c4ccccc4)n3N=C2c2cc(F)c(Cl)cc2Cl)cc1OC. The number of rotatable bonds is 5. The van der Waals surface area contributed by atoms with Crippen molar-refractivity contribution in [1.82, 2.24) is 14.9 Å².